The van der Waals surface area contributed by atoms with Crippen LogP contribution in [0.5, 0.6) is 0 Å². The van der Waals surface area contributed by atoms with Crippen LogP contribution in [-0.2, 0) is 4.74 Å². The van der Waals surface area contributed by atoms with Gasteiger partial charge in [0.05, 0.1) is 24.2 Å². The van der Waals surface area contributed by atoms with Gasteiger partial charge in [-0.1, -0.05) is 18.0 Å². The second-order valence-corrected chi connectivity index (χ2v) is 5.62. The van der Waals surface area contributed by atoms with E-state index in [1.54, 1.807) is 6.20 Å². The largest absolute Gasteiger partial charge is 0.462 e. The maximum atomic E-state index is 12.1. The molecule has 110 valence electrons. The third-order valence-corrected chi connectivity index (χ3v) is 4.12. The van der Waals surface area contributed by atoms with Crippen molar-refractivity contribution < 1.29 is 9.53 Å². The van der Waals surface area contributed by atoms with Crippen LogP contribution in [0.15, 0.2) is 30.5 Å². The van der Waals surface area contributed by atoms with Gasteiger partial charge in [0, 0.05) is 10.9 Å². The van der Waals surface area contributed by atoms with E-state index in [9.17, 15) is 4.79 Å². The molecular weight excluding hydrogens is 288 g/mol. The molecule has 5 heteroatoms. The van der Waals surface area contributed by atoms with Crippen molar-refractivity contribution in [2.24, 2.45) is 0 Å². The standard InChI is InChI=1S/C16H17ClN2O2/c1-2-21-16(20)14-10-18-19(15(14)11-4-3-5-11)13-8-6-12(17)7-9-13/h6-11H,2-5H2,1H3. The van der Waals surface area contributed by atoms with E-state index in [2.05, 4.69) is 5.10 Å². The lowest BCUT2D eigenvalue weighted by molar-refractivity contribution is 0.0523. The van der Waals surface area contributed by atoms with Crippen molar-refractivity contribution >= 4 is 17.6 Å². The predicted octanol–water partition coefficient (Wildman–Crippen LogP) is 3.97. The van der Waals surface area contributed by atoms with Crippen LogP contribution in [0.2, 0.25) is 5.02 Å². The highest BCUT2D eigenvalue weighted by Crippen LogP contribution is 2.39. The number of halogens is 1. The molecular formula is C16H17ClN2O2. The Morgan fingerprint density at radius 3 is 2.67 bits per heavy atom. The summed E-state index contributed by atoms with van der Waals surface area (Å²) in [5, 5.41) is 5.08. The van der Waals surface area contributed by atoms with Gasteiger partial charge in [0.15, 0.2) is 0 Å². The number of hydrogen-bond donors (Lipinski definition) is 0. The second kappa shape index (κ2) is 5.90. The van der Waals surface area contributed by atoms with E-state index in [0.29, 0.717) is 23.1 Å². The minimum atomic E-state index is -0.292. The summed E-state index contributed by atoms with van der Waals surface area (Å²) in [4.78, 5) is 12.1. The molecule has 1 aliphatic carbocycles. The summed E-state index contributed by atoms with van der Waals surface area (Å²) >= 11 is 5.93. The summed E-state index contributed by atoms with van der Waals surface area (Å²) in [7, 11) is 0. The van der Waals surface area contributed by atoms with Crippen LogP contribution >= 0.6 is 11.6 Å². The highest BCUT2D eigenvalue weighted by atomic mass is 35.5. The maximum absolute atomic E-state index is 12.1. The molecule has 0 aliphatic heterocycles. The Hall–Kier alpha value is -1.81. The Morgan fingerprint density at radius 2 is 2.10 bits per heavy atom. The fraction of sp³-hybridized carbons (Fsp3) is 0.375. The van der Waals surface area contributed by atoms with Gasteiger partial charge < -0.3 is 4.74 Å². The number of carbonyl (C=O) groups is 1. The van der Waals surface area contributed by atoms with Gasteiger partial charge in [-0.05, 0) is 44.0 Å². The van der Waals surface area contributed by atoms with E-state index in [1.807, 2.05) is 35.9 Å². The first-order valence-corrected chi connectivity index (χ1v) is 7.59. The highest BCUT2D eigenvalue weighted by Gasteiger charge is 2.30. The number of benzene rings is 1. The first-order chi connectivity index (χ1) is 10.2. The molecule has 1 fully saturated rings. The van der Waals surface area contributed by atoms with E-state index in [1.165, 1.54) is 6.42 Å². The number of nitrogens with zero attached hydrogens (tertiary/aromatic N) is 2. The van der Waals surface area contributed by atoms with Gasteiger partial charge >= 0.3 is 5.97 Å². The number of esters is 1. The monoisotopic (exact) mass is 304 g/mol. The van der Waals surface area contributed by atoms with Gasteiger partial charge in [-0.2, -0.15) is 5.10 Å². The van der Waals surface area contributed by atoms with Crippen LogP contribution in [-0.4, -0.2) is 22.4 Å². The van der Waals surface area contributed by atoms with Crippen LogP contribution in [0, 0.1) is 0 Å². The summed E-state index contributed by atoms with van der Waals surface area (Å²) in [5.41, 5.74) is 2.45. The molecule has 0 radical (unpaired) electrons. The Balaban J connectivity index is 2.04. The molecule has 1 aliphatic rings. The number of ether oxygens (including phenoxy) is 1. The SMILES string of the molecule is CCOC(=O)c1cnn(-c2ccc(Cl)cc2)c1C1CCC1. The fourth-order valence-corrected chi connectivity index (χ4v) is 2.71. The molecule has 0 bridgehead atoms. The van der Waals surface area contributed by atoms with Crippen LogP contribution in [0.3, 0.4) is 0 Å². The average molecular weight is 305 g/mol. The Bertz CT molecular complexity index is 645. The Morgan fingerprint density at radius 1 is 1.38 bits per heavy atom. The van der Waals surface area contributed by atoms with Gasteiger partial charge in [-0.25, -0.2) is 9.48 Å². The molecule has 0 unspecified atom stereocenters. The van der Waals surface area contributed by atoms with Crippen LogP contribution in [0.25, 0.3) is 5.69 Å². The molecule has 1 aromatic carbocycles. The number of rotatable bonds is 4. The van der Waals surface area contributed by atoms with Crippen molar-refractivity contribution in [2.75, 3.05) is 6.61 Å². The summed E-state index contributed by atoms with van der Waals surface area (Å²) in [5.74, 6) is 0.0854. The Labute approximate surface area is 128 Å². The van der Waals surface area contributed by atoms with Gasteiger partial charge in [-0.15, -0.1) is 0 Å². The molecule has 3 rings (SSSR count). The molecule has 0 amide bonds. The van der Waals surface area contributed by atoms with E-state index in [4.69, 9.17) is 16.3 Å². The minimum absolute atomic E-state index is 0.292. The molecule has 0 atom stereocenters. The van der Waals surface area contributed by atoms with Crippen LogP contribution in [0.4, 0.5) is 0 Å². The predicted molar refractivity (Wildman–Crippen MR) is 81.1 cm³/mol. The summed E-state index contributed by atoms with van der Waals surface area (Å²) in [6, 6.07) is 7.47. The lowest BCUT2D eigenvalue weighted by Crippen LogP contribution is -2.18. The normalized spacial score (nSPS) is 14.8. The third-order valence-electron chi connectivity index (χ3n) is 3.86. The van der Waals surface area contributed by atoms with Gasteiger partial charge in [0.1, 0.15) is 5.56 Å². The van der Waals surface area contributed by atoms with Gasteiger partial charge in [0.25, 0.3) is 0 Å². The summed E-state index contributed by atoms with van der Waals surface area (Å²) in [6.07, 6.45) is 4.98. The van der Waals surface area contributed by atoms with Gasteiger partial charge in [-0.3, -0.25) is 0 Å². The molecule has 1 heterocycles. The second-order valence-electron chi connectivity index (χ2n) is 5.18. The maximum Gasteiger partial charge on any atom is 0.341 e. The number of aromatic nitrogens is 2. The zero-order valence-electron chi connectivity index (χ0n) is 11.9. The summed E-state index contributed by atoms with van der Waals surface area (Å²) in [6.45, 7) is 2.18. The number of carbonyl (C=O) groups excluding carboxylic acids is 1. The van der Waals surface area contributed by atoms with Crippen molar-refractivity contribution in [1.82, 2.24) is 9.78 Å². The average Bonchev–Trinajstić information content (AvgIpc) is 2.82. The first-order valence-electron chi connectivity index (χ1n) is 7.21. The van der Waals surface area contributed by atoms with E-state index >= 15 is 0 Å². The zero-order valence-corrected chi connectivity index (χ0v) is 12.6. The molecule has 0 N–H and O–H groups in total. The summed E-state index contributed by atoms with van der Waals surface area (Å²) < 4.78 is 6.98. The lowest BCUT2D eigenvalue weighted by Gasteiger charge is -2.27. The first kappa shape index (κ1) is 14.1. The smallest absolute Gasteiger partial charge is 0.341 e. The zero-order chi connectivity index (χ0) is 14.8. The molecule has 4 nitrogen and oxygen atoms in total. The van der Waals surface area contributed by atoms with Crippen molar-refractivity contribution in [2.45, 2.75) is 32.1 Å². The lowest BCUT2D eigenvalue weighted by atomic mass is 9.81. The third kappa shape index (κ3) is 2.68. The van der Waals surface area contributed by atoms with Crippen molar-refractivity contribution in [3.63, 3.8) is 0 Å². The van der Waals surface area contributed by atoms with Crippen molar-refractivity contribution in [3.05, 3.63) is 46.7 Å². The minimum Gasteiger partial charge on any atom is -0.462 e. The quantitative estimate of drug-likeness (QED) is 0.803. The molecule has 1 saturated carbocycles. The molecule has 0 saturated heterocycles. The van der Waals surface area contributed by atoms with E-state index in [-0.39, 0.29) is 5.97 Å². The topological polar surface area (TPSA) is 44.1 Å². The Kier molecular flexibility index (Phi) is 3.97. The van der Waals surface area contributed by atoms with E-state index in [0.717, 1.165) is 24.2 Å². The number of hydrogen-bond acceptors (Lipinski definition) is 3. The highest BCUT2D eigenvalue weighted by molar-refractivity contribution is 6.30. The molecule has 0 spiro atoms. The van der Waals surface area contributed by atoms with Crippen molar-refractivity contribution in [1.29, 1.82) is 0 Å². The van der Waals surface area contributed by atoms with Crippen LogP contribution < -0.4 is 0 Å². The van der Waals surface area contributed by atoms with E-state index < -0.39 is 0 Å². The van der Waals surface area contributed by atoms with Gasteiger partial charge in [0.2, 0.25) is 0 Å². The molecule has 21 heavy (non-hydrogen) atoms. The molecule has 1 aromatic heterocycles. The fourth-order valence-electron chi connectivity index (χ4n) is 2.59. The van der Waals surface area contributed by atoms with Crippen molar-refractivity contribution in [3.8, 4) is 5.69 Å². The van der Waals surface area contributed by atoms with Crippen LogP contribution in [0.1, 0.15) is 48.2 Å². The molecule has 2 aromatic rings.